The van der Waals surface area contributed by atoms with Gasteiger partial charge in [0.1, 0.15) is 0 Å². The summed E-state index contributed by atoms with van der Waals surface area (Å²) in [6.07, 6.45) is 5.97. The molecule has 0 heterocycles. The number of benzene rings is 1. The minimum atomic E-state index is 1.04. The number of hydrogen-bond acceptors (Lipinski definition) is 0. The average Bonchev–Trinajstić information content (AvgIpc) is 2.31. The van der Waals surface area contributed by atoms with Crippen molar-refractivity contribution in [2.24, 2.45) is 0 Å². The van der Waals surface area contributed by atoms with Crippen LogP contribution in [-0.2, 0) is 6.42 Å². The fraction of sp³-hybridized carbons (Fsp3) is 0.333. The predicted molar refractivity (Wildman–Crippen MR) is 71.1 cm³/mol. The lowest BCUT2D eigenvalue weighted by Crippen LogP contribution is -1.89. The van der Waals surface area contributed by atoms with Gasteiger partial charge in [-0.1, -0.05) is 50.8 Å². The highest BCUT2D eigenvalue weighted by Crippen LogP contribution is 2.14. The molecule has 0 unspecified atom stereocenters. The van der Waals surface area contributed by atoms with Crippen LogP contribution in [0.2, 0.25) is 0 Å². The van der Waals surface area contributed by atoms with Crippen LogP contribution in [-0.4, -0.2) is 0 Å². The predicted octanol–water partition coefficient (Wildman–Crippen LogP) is 4.78. The maximum atomic E-state index is 3.76. The Labute approximate surface area is 94.3 Å². The van der Waals surface area contributed by atoms with Crippen LogP contribution in [0.4, 0.5) is 0 Å². The van der Waals surface area contributed by atoms with Crippen LogP contribution in [0.1, 0.15) is 37.0 Å². The van der Waals surface area contributed by atoms with E-state index in [1.165, 1.54) is 16.7 Å². The van der Waals surface area contributed by atoms with Crippen LogP contribution in [0.15, 0.2) is 37.4 Å². The molecule has 0 aromatic heterocycles. The molecule has 0 aliphatic rings. The van der Waals surface area contributed by atoms with Gasteiger partial charge in [0.2, 0.25) is 0 Å². The van der Waals surface area contributed by atoms with E-state index in [1.54, 1.807) is 0 Å². The van der Waals surface area contributed by atoms with Gasteiger partial charge in [0.05, 0.1) is 0 Å². The van der Waals surface area contributed by atoms with Gasteiger partial charge in [-0.25, -0.2) is 0 Å². The minimum absolute atomic E-state index is 1.04. The molecule has 0 fully saturated rings. The molecule has 0 nitrogen and oxygen atoms in total. The second-order valence-corrected chi connectivity index (χ2v) is 3.22. The van der Waals surface area contributed by atoms with E-state index in [0.29, 0.717) is 0 Å². The molecule has 0 heteroatoms. The van der Waals surface area contributed by atoms with Gasteiger partial charge in [0.15, 0.2) is 0 Å². The first-order valence-electron chi connectivity index (χ1n) is 5.61. The van der Waals surface area contributed by atoms with Crippen molar-refractivity contribution in [3.8, 4) is 0 Å². The van der Waals surface area contributed by atoms with E-state index in [2.05, 4.69) is 38.3 Å². The summed E-state index contributed by atoms with van der Waals surface area (Å²) in [6, 6.07) is 6.45. The molecule has 0 aliphatic heterocycles. The SMILES string of the molecule is C=CCCc1cc(C=C)ccc1C.CC. The first kappa shape index (κ1) is 13.7. The van der Waals surface area contributed by atoms with Crippen LogP contribution < -0.4 is 0 Å². The Hall–Kier alpha value is -1.30. The second-order valence-electron chi connectivity index (χ2n) is 3.22. The third-order valence-corrected chi connectivity index (χ3v) is 2.23. The van der Waals surface area contributed by atoms with Gasteiger partial charge >= 0.3 is 0 Å². The molecule has 0 saturated heterocycles. The maximum Gasteiger partial charge on any atom is -0.0241 e. The molecule has 1 aromatic carbocycles. The number of aryl methyl sites for hydroxylation is 2. The fourth-order valence-corrected chi connectivity index (χ4v) is 1.35. The molecular weight excluding hydrogens is 180 g/mol. The molecule has 0 amide bonds. The van der Waals surface area contributed by atoms with Crippen LogP contribution >= 0.6 is 0 Å². The number of hydrogen-bond donors (Lipinski definition) is 0. The summed E-state index contributed by atoms with van der Waals surface area (Å²) in [7, 11) is 0. The number of rotatable bonds is 4. The van der Waals surface area contributed by atoms with Crippen LogP contribution in [0.25, 0.3) is 6.08 Å². The van der Waals surface area contributed by atoms with E-state index in [-0.39, 0.29) is 0 Å². The molecule has 15 heavy (non-hydrogen) atoms. The summed E-state index contributed by atoms with van der Waals surface area (Å²) < 4.78 is 0. The van der Waals surface area contributed by atoms with Gasteiger partial charge in [-0.2, -0.15) is 0 Å². The summed E-state index contributed by atoms with van der Waals surface area (Å²) in [5, 5.41) is 0. The van der Waals surface area contributed by atoms with Crippen molar-refractivity contribution in [2.75, 3.05) is 0 Å². The third-order valence-electron chi connectivity index (χ3n) is 2.23. The highest BCUT2D eigenvalue weighted by atomic mass is 14.0. The topological polar surface area (TPSA) is 0 Å². The average molecular weight is 202 g/mol. The highest BCUT2D eigenvalue weighted by molar-refractivity contribution is 5.49. The quantitative estimate of drug-likeness (QED) is 0.616. The number of allylic oxidation sites excluding steroid dienone is 1. The third kappa shape index (κ3) is 4.64. The zero-order chi connectivity index (χ0) is 11.7. The Morgan fingerprint density at radius 2 is 1.87 bits per heavy atom. The van der Waals surface area contributed by atoms with Crippen LogP contribution in [0.5, 0.6) is 0 Å². The molecule has 0 bridgehead atoms. The smallest absolute Gasteiger partial charge is 0.0241 e. The minimum Gasteiger partial charge on any atom is -0.103 e. The van der Waals surface area contributed by atoms with E-state index < -0.39 is 0 Å². The van der Waals surface area contributed by atoms with Gasteiger partial charge in [-0.05, 0) is 36.5 Å². The first-order valence-corrected chi connectivity index (χ1v) is 5.61. The lowest BCUT2D eigenvalue weighted by molar-refractivity contribution is 0.989. The molecule has 0 saturated carbocycles. The molecule has 82 valence electrons. The van der Waals surface area contributed by atoms with E-state index in [9.17, 15) is 0 Å². The van der Waals surface area contributed by atoms with Gasteiger partial charge in [-0.3, -0.25) is 0 Å². The Kier molecular flexibility index (Phi) is 7.35. The standard InChI is InChI=1S/C13H16.C2H6/c1-4-6-7-13-10-12(5-2)9-8-11(13)3;1-2/h4-5,8-10H,1-2,6-7H2,3H3;1-2H3. The zero-order valence-corrected chi connectivity index (χ0v) is 10.2. The Morgan fingerprint density at radius 1 is 1.20 bits per heavy atom. The Morgan fingerprint density at radius 3 is 2.40 bits per heavy atom. The lowest BCUT2D eigenvalue weighted by Gasteiger charge is -2.05. The monoisotopic (exact) mass is 202 g/mol. The lowest BCUT2D eigenvalue weighted by atomic mass is 10.0. The van der Waals surface area contributed by atoms with Gasteiger partial charge in [0, 0.05) is 0 Å². The maximum absolute atomic E-state index is 3.76. The van der Waals surface area contributed by atoms with E-state index in [1.807, 2.05) is 26.0 Å². The summed E-state index contributed by atoms with van der Waals surface area (Å²) in [5.41, 5.74) is 3.95. The molecule has 0 atom stereocenters. The van der Waals surface area contributed by atoms with Crippen molar-refractivity contribution >= 4 is 6.08 Å². The van der Waals surface area contributed by atoms with Crippen molar-refractivity contribution in [1.29, 1.82) is 0 Å². The molecule has 0 radical (unpaired) electrons. The van der Waals surface area contributed by atoms with Crippen molar-refractivity contribution in [2.45, 2.75) is 33.6 Å². The van der Waals surface area contributed by atoms with Crippen molar-refractivity contribution in [3.63, 3.8) is 0 Å². The first-order chi connectivity index (χ1) is 7.27. The second kappa shape index (κ2) is 8.05. The van der Waals surface area contributed by atoms with E-state index in [4.69, 9.17) is 0 Å². The largest absolute Gasteiger partial charge is 0.103 e. The normalized spacial score (nSPS) is 8.73. The van der Waals surface area contributed by atoms with E-state index >= 15 is 0 Å². The van der Waals surface area contributed by atoms with Crippen molar-refractivity contribution in [1.82, 2.24) is 0 Å². The zero-order valence-electron chi connectivity index (χ0n) is 10.2. The molecule has 1 rings (SSSR count). The van der Waals surface area contributed by atoms with Crippen LogP contribution in [0.3, 0.4) is 0 Å². The fourth-order valence-electron chi connectivity index (χ4n) is 1.35. The highest BCUT2D eigenvalue weighted by Gasteiger charge is 1.97. The molecular formula is C15H22. The van der Waals surface area contributed by atoms with Gasteiger partial charge in [-0.15, -0.1) is 6.58 Å². The summed E-state index contributed by atoms with van der Waals surface area (Å²) in [5.74, 6) is 0. The summed E-state index contributed by atoms with van der Waals surface area (Å²) >= 11 is 0. The van der Waals surface area contributed by atoms with Gasteiger partial charge in [0.25, 0.3) is 0 Å². The van der Waals surface area contributed by atoms with Crippen molar-refractivity contribution < 1.29 is 0 Å². The van der Waals surface area contributed by atoms with Crippen LogP contribution in [0, 0.1) is 6.92 Å². The summed E-state index contributed by atoms with van der Waals surface area (Å²) in [4.78, 5) is 0. The molecule has 0 aliphatic carbocycles. The van der Waals surface area contributed by atoms with Crippen molar-refractivity contribution in [3.05, 3.63) is 54.1 Å². The Bertz CT molecular complexity index is 308. The molecule has 0 spiro atoms. The Balaban J connectivity index is 0.000000921. The molecule has 1 aromatic rings. The van der Waals surface area contributed by atoms with E-state index in [0.717, 1.165) is 12.8 Å². The molecule has 0 N–H and O–H groups in total. The van der Waals surface area contributed by atoms with Gasteiger partial charge < -0.3 is 0 Å². The summed E-state index contributed by atoms with van der Waals surface area (Å²) in [6.45, 7) is 13.6.